The molecule has 1 saturated heterocycles. The molecule has 28 heavy (non-hydrogen) atoms. The van der Waals surface area contributed by atoms with Crippen LogP contribution in [0.3, 0.4) is 0 Å². The average molecular weight is 417 g/mol. The highest BCUT2D eigenvalue weighted by molar-refractivity contribution is 7.85. The first-order valence-corrected chi connectivity index (χ1v) is 9.88. The standard InChI is InChI=1S/C16H19NO10S/c1-9(18)25-15-13(8-24-28(3,22)23)27-14(16(15)26-10(2)19)11-4-6-12(7-5-11)17(20)21/h4-7,13-16H,8H2,1-3H3. The lowest BCUT2D eigenvalue weighted by atomic mass is 10.0. The van der Waals surface area contributed by atoms with Crippen LogP contribution in [0.15, 0.2) is 24.3 Å². The Balaban J connectivity index is 2.36. The Kier molecular flexibility index (Phi) is 6.69. The summed E-state index contributed by atoms with van der Waals surface area (Å²) in [5.41, 5.74) is 0.259. The van der Waals surface area contributed by atoms with Crippen molar-refractivity contribution in [3.63, 3.8) is 0 Å². The Hall–Kier alpha value is -2.57. The summed E-state index contributed by atoms with van der Waals surface area (Å²) in [5.74, 6) is -1.37. The van der Waals surface area contributed by atoms with E-state index in [0.29, 0.717) is 5.56 Å². The minimum atomic E-state index is -3.80. The zero-order chi connectivity index (χ0) is 21.1. The number of nitro benzene ring substituents is 1. The monoisotopic (exact) mass is 417 g/mol. The fourth-order valence-electron chi connectivity index (χ4n) is 2.76. The number of nitrogens with zero attached hydrogens (tertiary/aromatic N) is 1. The molecule has 1 fully saturated rings. The van der Waals surface area contributed by atoms with E-state index in [-0.39, 0.29) is 5.69 Å². The van der Waals surface area contributed by atoms with Crippen LogP contribution in [0.1, 0.15) is 25.5 Å². The number of carbonyl (C=O) groups is 2. The first-order chi connectivity index (χ1) is 13.0. The largest absolute Gasteiger partial charge is 0.456 e. The number of hydrogen-bond donors (Lipinski definition) is 0. The van der Waals surface area contributed by atoms with Crippen LogP contribution in [0.4, 0.5) is 5.69 Å². The van der Waals surface area contributed by atoms with Crippen LogP contribution < -0.4 is 0 Å². The zero-order valence-electron chi connectivity index (χ0n) is 15.3. The number of ether oxygens (including phenoxy) is 3. The van der Waals surface area contributed by atoms with Gasteiger partial charge in [0.05, 0.1) is 17.8 Å². The van der Waals surface area contributed by atoms with E-state index in [1.165, 1.54) is 24.3 Å². The van der Waals surface area contributed by atoms with Crippen molar-refractivity contribution in [1.29, 1.82) is 0 Å². The summed E-state index contributed by atoms with van der Waals surface area (Å²) in [6.45, 7) is 1.81. The average Bonchev–Trinajstić information content (AvgIpc) is 2.89. The summed E-state index contributed by atoms with van der Waals surface area (Å²) < 4.78 is 43.5. The van der Waals surface area contributed by atoms with Crippen molar-refractivity contribution >= 4 is 27.7 Å². The summed E-state index contributed by atoms with van der Waals surface area (Å²) in [5, 5.41) is 10.8. The smallest absolute Gasteiger partial charge is 0.303 e. The molecule has 12 heteroatoms. The number of carbonyl (C=O) groups excluding carboxylic acids is 2. The van der Waals surface area contributed by atoms with E-state index in [0.717, 1.165) is 20.1 Å². The lowest BCUT2D eigenvalue weighted by Gasteiger charge is -2.23. The fraction of sp³-hybridized carbons (Fsp3) is 0.500. The summed E-state index contributed by atoms with van der Waals surface area (Å²) in [6.07, 6.45) is -3.40. The molecule has 11 nitrogen and oxygen atoms in total. The molecule has 4 atom stereocenters. The molecule has 0 bridgehead atoms. The van der Waals surface area contributed by atoms with Crippen molar-refractivity contribution in [3.05, 3.63) is 39.9 Å². The van der Waals surface area contributed by atoms with Gasteiger partial charge >= 0.3 is 11.9 Å². The number of benzene rings is 1. The van der Waals surface area contributed by atoms with Gasteiger partial charge in [0.1, 0.15) is 12.2 Å². The van der Waals surface area contributed by atoms with Crippen LogP contribution in [0.25, 0.3) is 0 Å². The summed E-state index contributed by atoms with van der Waals surface area (Å²) in [7, 11) is -3.80. The van der Waals surface area contributed by atoms with Crippen molar-refractivity contribution in [2.24, 2.45) is 0 Å². The van der Waals surface area contributed by atoms with Crippen molar-refractivity contribution < 1.29 is 41.3 Å². The number of hydrogen-bond acceptors (Lipinski definition) is 10. The zero-order valence-corrected chi connectivity index (χ0v) is 16.1. The first-order valence-electron chi connectivity index (χ1n) is 8.06. The van der Waals surface area contributed by atoms with E-state index >= 15 is 0 Å². The fourth-order valence-corrected chi connectivity index (χ4v) is 3.14. The number of esters is 2. The third kappa shape index (κ3) is 5.71. The molecule has 1 aliphatic heterocycles. The summed E-state index contributed by atoms with van der Waals surface area (Å²) >= 11 is 0. The van der Waals surface area contributed by atoms with Crippen molar-refractivity contribution in [3.8, 4) is 0 Å². The van der Waals surface area contributed by atoms with Gasteiger partial charge < -0.3 is 14.2 Å². The minimum Gasteiger partial charge on any atom is -0.456 e. The van der Waals surface area contributed by atoms with E-state index in [9.17, 15) is 28.1 Å². The van der Waals surface area contributed by atoms with Gasteiger partial charge in [-0.1, -0.05) is 0 Å². The Labute approximate surface area is 160 Å². The van der Waals surface area contributed by atoms with Gasteiger partial charge in [0.25, 0.3) is 15.8 Å². The third-order valence-electron chi connectivity index (χ3n) is 3.79. The summed E-state index contributed by atoms with van der Waals surface area (Å²) in [6, 6.07) is 5.29. The van der Waals surface area contributed by atoms with E-state index in [2.05, 4.69) is 0 Å². The topological polar surface area (TPSA) is 148 Å². The molecule has 0 aromatic heterocycles. The Morgan fingerprint density at radius 3 is 2.11 bits per heavy atom. The molecule has 0 radical (unpaired) electrons. The van der Waals surface area contributed by atoms with E-state index < -0.39 is 58.0 Å². The van der Waals surface area contributed by atoms with Crippen LogP contribution in [0, 0.1) is 10.1 Å². The van der Waals surface area contributed by atoms with Crippen LogP contribution in [-0.4, -0.2) is 56.5 Å². The second kappa shape index (κ2) is 8.63. The maximum atomic E-state index is 11.5. The molecule has 0 aliphatic carbocycles. The van der Waals surface area contributed by atoms with Crippen molar-refractivity contribution in [1.82, 2.24) is 0 Å². The van der Waals surface area contributed by atoms with Crippen molar-refractivity contribution in [2.45, 2.75) is 38.3 Å². The second-order valence-corrected chi connectivity index (χ2v) is 7.72. The highest BCUT2D eigenvalue weighted by Crippen LogP contribution is 2.38. The second-order valence-electron chi connectivity index (χ2n) is 6.08. The molecule has 0 saturated carbocycles. The van der Waals surface area contributed by atoms with Crippen LogP contribution in [0.2, 0.25) is 0 Å². The van der Waals surface area contributed by atoms with Gasteiger partial charge in [-0.2, -0.15) is 8.42 Å². The number of non-ortho nitro benzene ring substituents is 1. The molecule has 1 aromatic rings. The molecule has 154 valence electrons. The van der Waals surface area contributed by atoms with E-state index in [1.807, 2.05) is 0 Å². The molecule has 1 aliphatic rings. The SMILES string of the molecule is CC(=O)OC1C(COS(C)(=O)=O)OC(c2ccc([N+](=O)[O-])cc2)C1OC(C)=O. The molecule has 0 amide bonds. The van der Waals surface area contributed by atoms with Gasteiger partial charge in [-0.3, -0.25) is 23.9 Å². The third-order valence-corrected chi connectivity index (χ3v) is 4.36. The normalized spacial score (nSPS) is 24.5. The molecule has 4 unspecified atom stereocenters. The predicted molar refractivity (Wildman–Crippen MR) is 92.6 cm³/mol. The first kappa shape index (κ1) is 21.7. The molecule has 0 spiro atoms. The Morgan fingerprint density at radius 2 is 1.64 bits per heavy atom. The lowest BCUT2D eigenvalue weighted by Crippen LogP contribution is -2.40. The number of rotatable bonds is 7. The number of nitro groups is 1. The highest BCUT2D eigenvalue weighted by atomic mass is 32.2. The van der Waals surface area contributed by atoms with Gasteiger partial charge in [0, 0.05) is 26.0 Å². The summed E-state index contributed by atoms with van der Waals surface area (Å²) in [4.78, 5) is 33.3. The van der Waals surface area contributed by atoms with E-state index in [4.69, 9.17) is 18.4 Å². The van der Waals surface area contributed by atoms with Gasteiger partial charge in [-0.15, -0.1) is 0 Å². The Morgan fingerprint density at radius 1 is 1.11 bits per heavy atom. The van der Waals surface area contributed by atoms with Gasteiger partial charge in [-0.25, -0.2) is 0 Å². The van der Waals surface area contributed by atoms with Gasteiger partial charge in [0.15, 0.2) is 12.2 Å². The maximum Gasteiger partial charge on any atom is 0.303 e. The molecular formula is C16H19NO10S. The van der Waals surface area contributed by atoms with Crippen molar-refractivity contribution in [2.75, 3.05) is 12.9 Å². The lowest BCUT2D eigenvalue weighted by molar-refractivity contribution is -0.384. The molecule has 2 rings (SSSR count). The van der Waals surface area contributed by atoms with Gasteiger partial charge in [-0.05, 0) is 17.7 Å². The van der Waals surface area contributed by atoms with Gasteiger partial charge in [0.2, 0.25) is 0 Å². The quantitative estimate of drug-likeness (QED) is 0.271. The maximum absolute atomic E-state index is 11.5. The van der Waals surface area contributed by atoms with Crippen LogP contribution in [0.5, 0.6) is 0 Å². The molecule has 1 aromatic carbocycles. The molecule has 0 N–H and O–H groups in total. The van der Waals surface area contributed by atoms with Crippen LogP contribution in [-0.2, 0) is 38.1 Å². The minimum absolute atomic E-state index is 0.153. The Bertz CT molecular complexity index is 851. The predicted octanol–water partition coefficient (Wildman–Crippen LogP) is 0.874. The van der Waals surface area contributed by atoms with Crippen LogP contribution >= 0.6 is 0 Å². The molecule has 1 heterocycles. The highest BCUT2D eigenvalue weighted by Gasteiger charge is 2.50. The molecular weight excluding hydrogens is 398 g/mol. The van der Waals surface area contributed by atoms with E-state index in [1.54, 1.807) is 0 Å².